The normalized spacial score (nSPS) is 11.5. The molecule has 0 radical (unpaired) electrons. The Hall–Kier alpha value is -0.300. The third-order valence-electron chi connectivity index (χ3n) is 3.81. The maximum Gasteiger partial charge on any atom is -0.00143 e. The van der Waals surface area contributed by atoms with E-state index in [1.54, 1.807) is 0 Å². The lowest BCUT2D eigenvalue weighted by Crippen LogP contribution is -2.14. The highest BCUT2D eigenvalue weighted by molar-refractivity contribution is 4.81. The Bertz CT molecular complexity index is 186. The maximum atomic E-state index is 3.43. The van der Waals surface area contributed by atoms with Crippen LogP contribution in [0.2, 0.25) is 0 Å². The quantitative estimate of drug-likeness (QED) is 0.261. The lowest BCUT2D eigenvalue weighted by molar-refractivity contribution is 0.557. The summed E-state index contributed by atoms with van der Waals surface area (Å²) in [6.45, 7) is 6.80. The molecule has 0 amide bonds. The SMILES string of the molecule is CCCCCCCCCCCCC=CCCNCCC. The molecule has 0 fully saturated rings. The monoisotopic (exact) mass is 281 g/mol. The minimum atomic E-state index is 1.14. The summed E-state index contributed by atoms with van der Waals surface area (Å²) in [6.07, 6.45) is 22.8. The summed E-state index contributed by atoms with van der Waals surface area (Å²) in [5, 5.41) is 3.43. The Morgan fingerprint density at radius 3 is 1.70 bits per heavy atom. The molecule has 0 aromatic carbocycles. The second kappa shape index (κ2) is 18.7. The van der Waals surface area contributed by atoms with Crippen LogP contribution in [0.15, 0.2) is 12.2 Å². The highest BCUT2D eigenvalue weighted by Gasteiger charge is 1.91. The average Bonchev–Trinajstić information content (AvgIpc) is 2.47. The van der Waals surface area contributed by atoms with Gasteiger partial charge in [0, 0.05) is 0 Å². The molecule has 1 nitrogen and oxygen atoms in total. The highest BCUT2D eigenvalue weighted by atomic mass is 14.8. The molecule has 0 aliphatic heterocycles. The van der Waals surface area contributed by atoms with Gasteiger partial charge in [0.2, 0.25) is 0 Å². The standard InChI is InChI=1S/C19H39N/c1-3-5-6-7-8-9-10-11-12-13-14-15-16-17-19-20-18-4-2/h15-16,20H,3-14,17-19H2,1-2H3. The van der Waals surface area contributed by atoms with E-state index in [0.29, 0.717) is 0 Å². The fraction of sp³-hybridized carbons (Fsp3) is 0.895. The van der Waals surface area contributed by atoms with Crippen molar-refractivity contribution in [3.63, 3.8) is 0 Å². The molecule has 0 aromatic heterocycles. The van der Waals surface area contributed by atoms with Crippen molar-refractivity contribution in [1.29, 1.82) is 0 Å². The number of unbranched alkanes of at least 4 members (excludes halogenated alkanes) is 10. The smallest absolute Gasteiger partial charge is 0.00143 e. The van der Waals surface area contributed by atoms with E-state index < -0.39 is 0 Å². The zero-order chi connectivity index (χ0) is 14.7. The van der Waals surface area contributed by atoms with Crippen LogP contribution < -0.4 is 5.32 Å². The third kappa shape index (κ3) is 17.7. The second-order valence-corrected chi connectivity index (χ2v) is 5.98. The summed E-state index contributed by atoms with van der Waals surface area (Å²) in [7, 11) is 0. The first-order valence-electron chi connectivity index (χ1n) is 9.27. The van der Waals surface area contributed by atoms with Crippen LogP contribution in [0.25, 0.3) is 0 Å². The zero-order valence-electron chi connectivity index (χ0n) is 14.3. The topological polar surface area (TPSA) is 12.0 Å². The maximum absolute atomic E-state index is 3.43. The molecule has 120 valence electrons. The van der Waals surface area contributed by atoms with E-state index >= 15 is 0 Å². The van der Waals surface area contributed by atoms with E-state index in [2.05, 4.69) is 31.3 Å². The summed E-state index contributed by atoms with van der Waals surface area (Å²) < 4.78 is 0. The molecule has 0 atom stereocenters. The Labute approximate surface area is 128 Å². The van der Waals surface area contributed by atoms with E-state index in [4.69, 9.17) is 0 Å². The van der Waals surface area contributed by atoms with E-state index in [0.717, 1.165) is 13.1 Å². The molecule has 0 aromatic rings. The average molecular weight is 282 g/mol. The van der Waals surface area contributed by atoms with Gasteiger partial charge in [0.25, 0.3) is 0 Å². The Morgan fingerprint density at radius 1 is 0.550 bits per heavy atom. The minimum absolute atomic E-state index is 1.14. The van der Waals surface area contributed by atoms with Gasteiger partial charge in [-0.15, -0.1) is 0 Å². The largest absolute Gasteiger partial charge is 0.316 e. The van der Waals surface area contributed by atoms with Crippen LogP contribution in [0, 0.1) is 0 Å². The number of hydrogen-bond acceptors (Lipinski definition) is 1. The zero-order valence-corrected chi connectivity index (χ0v) is 14.3. The molecule has 0 aliphatic carbocycles. The van der Waals surface area contributed by atoms with Gasteiger partial charge in [-0.25, -0.2) is 0 Å². The molecular formula is C19H39N. The van der Waals surface area contributed by atoms with E-state index in [1.165, 1.54) is 83.5 Å². The summed E-state index contributed by atoms with van der Waals surface area (Å²) in [5.74, 6) is 0. The Kier molecular flexibility index (Phi) is 18.4. The van der Waals surface area contributed by atoms with Gasteiger partial charge in [-0.2, -0.15) is 0 Å². The molecule has 0 heterocycles. The number of rotatable bonds is 16. The number of allylic oxidation sites excluding steroid dienone is 1. The van der Waals surface area contributed by atoms with Crippen molar-refractivity contribution in [2.45, 2.75) is 97.3 Å². The van der Waals surface area contributed by atoms with Crippen LogP contribution in [0.5, 0.6) is 0 Å². The fourth-order valence-corrected chi connectivity index (χ4v) is 2.47. The summed E-state index contributed by atoms with van der Waals surface area (Å²) in [4.78, 5) is 0. The highest BCUT2D eigenvalue weighted by Crippen LogP contribution is 2.11. The first-order chi connectivity index (χ1) is 9.91. The van der Waals surface area contributed by atoms with Crippen LogP contribution in [0.3, 0.4) is 0 Å². The predicted octanol–water partition coefficient (Wildman–Crippen LogP) is 6.24. The minimum Gasteiger partial charge on any atom is -0.316 e. The van der Waals surface area contributed by atoms with E-state index in [1.807, 2.05) is 0 Å². The molecular weight excluding hydrogens is 242 g/mol. The van der Waals surface area contributed by atoms with Gasteiger partial charge in [0.15, 0.2) is 0 Å². The van der Waals surface area contributed by atoms with Crippen molar-refractivity contribution in [1.82, 2.24) is 5.32 Å². The van der Waals surface area contributed by atoms with Crippen LogP contribution in [0.1, 0.15) is 97.3 Å². The molecule has 0 rings (SSSR count). The Balaban J connectivity index is 3.00. The lowest BCUT2D eigenvalue weighted by Gasteiger charge is -2.01. The van der Waals surface area contributed by atoms with Gasteiger partial charge >= 0.3 is 0 Å². The summed E-state index contributed by atoms with van der Waals surface area (Å²) in [6, 6.07) is 0. The molecule has 0 bridgehead atoms. The van der Waals surface area contributed by atoms with Crippen molar-refractivity contribution < 1.29 is 0 Å². The second-order valence-electron chi connectivity index (χ2n) is 5.98. The lowest BCUT2D eigenvalue weighted by atomic mass is 10.1. The van der Waals surface area contributed by atoms with Crippen molar-refractivity contribution in [3.05, 3.63) is 12.2 Å². The van der Waals surface area contributed by atoms with Crippen molar-refractivity contribution >= 4 is 0 Å². The number of nitrogens with one attached hydrogen (secondary N) is 1. The summed E-state index contributed by atoms with van der Waals surface area (Å²) >= 11 is 0. The van der Waals surface area contributed by atoms with Gasteiger partial charge in [0.05, 0.1) is 0 Å². The van der Waals surface area contributed by atoms with Gasteiger partial charge < -0.3 is 5.32 Å². The first kappa shape index (κ1) is 19.7. The third-order valence-corrected chi connectivity index (χ3v) is 3.81. The van der Waals surface area contributed by atoms with Crippen molar-refractivity contribution in [2.24, 2.45) is 0 Å². The first-order valence-corrected chi connectivity index (χ1v) is 9.27. The molecule has 0 spiro atoms. The predicted molar refractivity (Wildman–Crippen MR) is 93.4 cm³/mol. The molecule has 0 unspecified atom stereocenters. The van der Waals surface area contributed by atoms with Crippen LogP contribution >= 0.6 is 0 Å². The van der Waals surface area contributed by atoms with Crippen molar-refractivity contribution in [3.8, 4) is 0 Å². The summed E-state index contributed by atoms with van der Waals surface area (Å²) in [5.41, 5.74) is 0. The van der Waals surface area contributed by atoms with Crippen LogP contribution in [-0.2, 0) is 0 Å². The van der Waals surface area contributed by atoms with Gasteiger partial charge in [-0.05, 0) is 38.8 Å². The number of hydrogen-bond donors (Lipinski definition) is 1. The molecule has 0 saturated heterocycles. The van der Waals surface area contributed by atoms with Gasteiger partial charge in [0.1, 0.15) is 0 Å². The van der Waals surface area contributed by atoms with Gasteiger partial charge in [-0.1, -0.05) is 83.8 Å². The van der Waals surface area contributed by atoms with E-state index in [9.17, 15) is 0 Å². The molecule has 0 aliphatic rings. The Morgan fingerprint density at radius 2 is 1.10 bits per heavy atom. The van der Waals surface area contributed by atoms with Crippen LogP contribution in [0.4, 0.5) is 0 Å². The van der Waals surface area contributed by atoms with Crippen molar-refractivity contribution in [2.75, 3.05) is 13.1 Å². The van der Waals surface area contributed by atoms with Crippen LogP contribution in [-0.4, -0.2) is 13.1 Å². The molecule has 0 saturated carbocycles. The molecule has 20 heavy (non-hydrogen) atoms. The molecule has 1 heteroatoms. The van der Waals surface area contributed by atoms with E-state index in [-0.39, 0.29) is 0 Å². The molecule has 1 N–H and O–H groups in total. The van der Waals surface area contributed by atoms with Gasteiger partial charge in [-0.3, -0.25) is 0 Å². The fourth-order valence-electron chi connectivity index (χ4n) is 2.47.